The second kappa shape index (κ2) is 14.4. The molecule has 0 saturated carbocycles. The molecule has 0 saturated heterocycles. The molecule has 1 heterocycles. The highest BCUT2D eigenvalue weighted by molar-refractivity contribution is 6.00. The van der Waals surface area contributed by atoms with Gasteiger partial charge in [-0.1, -0.05) is 38.1 Å². The number of amides is 2. The summed E-state index contributed by atoms with van der Waals surface area (Å²) in [6.45, 7) is 4.84. The molecule has 2 N–H and O–H groups in total. The Kier molecular flexibility index (Phi) is 10.6. The van der Waals surface area contributed by atoms with Gasteiger partial charge < -0.3 is 34.7 Å². The predicted octanol–water partition coefficient (Wildman–Crippen LogP) is 6.86. The monoisotopic (exact) mass is 654 g/mol. The highest BCUT2D eigenvalue weighted by Crippen LogP contribution is 2.37. The van der Waals surface area contributed by atoms with Crippen molar-refractivity contribution in [3.63, 3.8) is 0 Å². The Bertz CT molecular complexity index is 1740. The van der Waals surface area contributed by atoms with Crippen LogP contribution in [0.2, 0.25) is 0 Å². The number of nitrogens with zero attached hydrogens (tertiary/aromatic N) is 1. The molecule has 1 aromatic heterocycles. The van der Waals surface area contributed by atoms with Gasteiger partial charge in [-0.15, -0.1) is 0 Å². The normalized spacial score (nSPS) is 11.5. The minimum absolute atomic E-state index is 0.218. The molecular weight excluding hydrogens is 622 g/mol. The van der Waals surface area contributed by atoms with Crippen LogP contribution in [0, 0.1) is 11.2 Å². The number of alkyl halides is 3. The molecule has 0 radical (unpaired) electrons. The van der Waals surface area contributed by atoms with Crippen LogP contribution >= 0.6 is 0 Å². The zero-order valence-electron chi connectivity index (χ0n) is 26.0. The standard InChI is InChI=1S/C34H33F4N3O6/c1-5-46-29-15-23(18-39-30(29)47-19-20-6-11-25(45-4)12-7-20)21-9-13-28(27(35)14-21)41-32(44)40-24-10-8-22(17-33(2,3)31(42)43)26(16-24)34(36,37)38/h6-16,18H,5,17,19H2,1-4H3,(H,42,43)(H2,40,41,44)/p-1. The maximum atomic E-state index is 15.1. The van der Waals surface area contributed by atoms with Crippen molar-refractivity contribution >= 4 is 23.4 Å². The molecular formula is C34H32F4N3O6-. The fraction of sp³-hybridized carbons (Fsp3) is 0.265. The molecule has 13 heteroatoms. The molecule has 0 aliphatic carbocycles. The number of carboxylic acids is 1. The van der Waals surface area contributed by atoms with Gasteiger partial charge in [0.25, 0.3) is 5.88 Å². The Balaban J connectivity index is 1.46. The fourth-order valence-corrected chi connectivity index (χ4v) is 4.53. The summed E-state index contributed by atoms with van der Waals surface area (Å²) in [5.41, 5.74) is -1.63. The molecule has 0 fully saturated rings. The van der Waals surface area contributed by atoms with Crippen LogP contribution in [0.3, 0.4) is 0 Å². The smallest absolute Gasteiger partial charge is 0.416 e. The molecule has 248 valence electrons. The third-order valence-corrected chi connectivity index (χ3v) is 7.06. The van der Waals surface area contributed by atoms with Crippen molar-refractivity contribution in [1.29, 1.82) is 0 Å². The van der Waals surface area contributed by atoms with Gasteiger partial charge in [0.15, 0.2) is 5.75 Å². The van der Waals surface area contributed by atoms with Crippen molar-refractivity contribution in [2.24, 2.45) is 5.41 Å². The van der Waals surface area contributed by atoms with E-state index in [0.717, 1.165) is 17.7 Å². The number of aliphatic carboxylic acids is 1. The van der Waals surface area contributed by atoms with E-state index in [9.17, 15) is 27.9 Å². The van der Waals surface area contributed by atoms with Crippen molar-refractivity contribution in [2.45, 2.75) is 40.0 Å². The van der Waals surface area contributed by atoms with E-state index in [-0.39, 0.29) is 29.4 Å². The van der Waals surface area contributed by atoms with Crippen molar-refractivity contribution in [3.05, 3.63) is 95.4 Å². The Hall–Kier alpha value is -5.33. The lowest BCUT2D eigenvalue weighted by molar-refractivity contribution is -0.317. The molecule has 0 bridgehead atoms. The minimum Gasteiger partial charge on any atom is -0.550 e. The van der Waals surface area contributed by atoms with E-state index < -0.39 is 41.4 Å². The van der Waals surface area contributed by atoms with Gasteiger partial charge in [0.05, 0.1) is 25.0 Å². The number of aromatic nitrogens is 1. The van der Waals surface area contributed by atoms with Crippen molar-refractivity contribution in [2.75, 3.05) is 24.4 Å². The molecule has 2 amide bonds. The highest BCUT2D eigenvalue weighted by Gasteiger charge is 2.35. The lowest BCUT2D eigenvalue weighted by Crippen LogP contribution is -2.39. The number of hydrogen-bond acceptors (Lipinski definition) is 7. The molecule has 0 unspecified atom stereocenters. The first kappa shape index (κ1) is 34.5. The van der Waals surface area contributed by atoms with Crippen molar-refractivity contribution in [3.8, 4) is 28.5 Å². The van der Waals surface area contributed by atoms with Crippen LogP contribution in [-0.2, 0) is 24.0 Å². The Morgan fingerprint density at radius 2 is 1.64 bits per heavy atom. The van der Waals surface area contributed by atoms with E-state index in [0.29, 0.717) is 35.3 Å². The summed E-state index contributed by atoms with van der Waals surface area (Å²) in [4.78, 5) is 28.3. The van der Waals surface area contributed by atoms with Gasteiger partial charge in [0.1, 0.15) is 18.2 Å². The van der Waals surface area contributed by atoms with Gasteiger partial charge in [-0.3, -0.25) is 0 Å². The Morgan fingerprint density at radius 1 is 0.915 bits per heavy atom. The summed E-state index contributed by atoms with van der Waals surface area (Å²) in [5.74, 6) is -1.02. The van der Waals surface area contributed by atoms with E-state index in [1.165, 1.54) is 38.2 Å². The molecule has 0 atom stereocenters. The predicted molar refractivity (Wildman–Crippen MR) is 165 cm³/mol. The average molecular weight is 655 g/mol. The number of ether oxygens (including phenoxy) is 3. The largest absolute Gasteiger partial charge is 0.550 e. The first-order valence-electron chi connectivity index (χ1n) is 14.4. The fourth-order valence-electron chi connectivity index (χ4n) is 4.53. The topological polar surface area (TPSA) is 122 Å². The quantitative estimate of drug-likeness (QED) is 0.160. The second-order valence-corrected chi connectivity index (χ2v) is 11.1. The Morgan fingerprint density at radius 3 is 2.26 bits per heavy atom. The van der Waals surface area contributed by atoms with Gasteiger partial charge in [-0.05, 0) is 72.5 Å². The first-order chi connectivity index (χ1) is 22.2. The van der Waals surface area contributed by atoms with Crippen molar-refractivity contribution < 1.29 is 46.5 Å². The SMILES string of the molecule is CCOc1cc(-c2ccc(NC(=O)Nc3ccc(CC(C)(C)C(=O)[O-])c(C(F)(F)F)c3)c(F)c2)cnc1OCc1ccc(OC)cc1. The number of pyridine rings is 1. The molecule has 0 aliphatic heterocycles. The number of carboxylic acid groups (broad SMARTS) is 1. The van der Waals surface area contributed by atoms with Gasteiger partial charge >= 0.3 is 12.2 Å². The van der Waals surface area contributed by atoms with Gasteiger partial charge in [0, 0.05) is 28.8 Å². The van der Waals surface area contributed by atoms with Gasteiger partial charge in [-0.2, -0.15) is 13.2 Å². The molecule has 4 rings (SSSR count). The zero-order valence-corrected chi connectivity index (χ0v) is 26.0. The number of carbonyl (C=O) groups excluding carboxylic acids is 2. The summed E-state index contributed by atoms with van der Waals surface area (Å²) in [6.07, 6.45) is -3.79. The molecule has 3 aromatic carbocycles. The second-order valence-electron chi connectivity index (χ2n) is 11.1. The number of hydrogen-bond donors (Lipinski definition) is 2. The number of nitrogens with one attached hydrogen (secondary N) is 2. The number of rotatable bonds is 12. The minimum atomic E-state index is -4.83. The number of halogens is 4. The van der Waals surface area contributed by atoms with E-state index >= 15 is 4.39 Å². The van der Waals surface area contributed by atoms with Crippen LogP contribution in [0.1, 0.15) is 37.5 Å². The molecule has 0 spiro atoms. The van der Waals surface area contributed by atoms with Crippen LogP contribution in [0.25, 0.3) is 11.1 Å². The summed E-state index contributed by atoms with van der Waals surface area (Å²) < 4.78 is 73.1. The number of methoxy groups -OCH3 is 1. The molecule has 9 nitrogen and oxygen atoms in total. The average Bonchev–Trinajstić information content (AvgIpc) is 3.02. The third kappa shape index (κ3) is 8.90. The van der Waals surface area contributed by atoms with E-state index in [2.05, 4.69) is 15.6 Å². The Labute approximate surface area is 268 Å². The molecule has 0 aliphatic rings. The molecule has 47 heavy (non-hydrogen) atoms. The summed E-state index contributed by atoms with van der Waals surface area (Å²) in [7, 11) is 1.58. The third-order valence-electron chi connectivity index (χ3n) is 7.06. The van der Waals surface area contributed by atoms with Crippen LogP contribution in [0.15, 0.2) is 72.9 Å². The van der Waals surface area contributed by atoms with E-state index in [4.69, 9.17) is 14.2 Å². The maximum Gasteiger partial charge on any atom is 0.416 e. The summed E-state index contributed by atoms with van der Waals surface area (Å²) in [5, 5.41) is 15.9. The number of benzene rings is 3. The lowest BCUT2D eigenvalue weighted by atomic mass is 9.84. The van der Waals surface area contributed by atoms with Crippen LogP contribution in [-0.4, -0.2) is 30.7 Å². The molecule has 4 aromatic rings. The van der Waals surface area contributed by atoms with Crippen LogP contribution in [0.4, 0.5) is 33.7 Å². The van der Waals surface area contributed by atoms with Crippen LogP contribution in [0.5, 0.6) is 17.4 Å². The van der Waals surface area contributed by atoms with Crippen molar-refractivity contribution in [1.82, 2.24) is 4.98 Å². The number of urea groups is 1. The van der Waals surface area contributed by atoms with E-state index in [1.54, 1.807) is 32.2 Å². The van der Waals surface area contributed by atoms with Gasteiger partial charge in [0.2, 0.25) is 0 Å². The highest BCUT2D eigenvalue weighted by atomic mass is 19.4. The number of anilines is 2. The van der Waals surface area contributed by atoms with Crippen LogP contribution < -0.4 is 30.0 Å². The summed E-state index contributed by atoms with van der Waals surface area (Å²) >= 11 is 0. The maximum absolute atomic E-state index is 15.1. The summed E-state index contributed by atoms with van der Waals surface area (Å²) in [6, 6.07) is 14.9. The first-order valence-corrected chi connectivity index (χ1v) is 14.4. The number of carbonyl (C=O) groups is 2. The lowest BCUT2D eigenvalue weighted by Gasteiger charge is -2.27. The van der Waals surface area contributed by atoms with Gasteiger partial charge in [-0.25, -0.2) is 14.2 Å². The zero-order chi connectivity index (χ0) is 34.4. The van der Waals surface area contributed by atoms with E-state index in [1.807, 2.05) is 12.1 Å².